The lowest BCUT2D eigenvalue weighted by atomic mass is 10.1. The van der Waals surface area contributed by atoms with Crippen LogP contribution in [0.3, 0.4) is 0 Å². The first kappa shape index (κ1) is 25.8. The van der Waals surface area contributed by atoms with Crippen molar-refractivity contribution in [1.82, 2.24) is 24.6 Å². The minimum atomic E-state index is -0.581. The van der Waals surface area contributed by atoms with Gasteiger partial charge in [-0.1, -0.05) is 13.8 Å². The zero-order valence-corrected chi connectivity index (χ0v) is 21.1. The lowest BCUT2D eigenvalue weighted by Gasteiger charge is -2.21. The van der Waals surface area contributed by atoms with Gasteiger partial charge in [0.25, 0.3) is 5.95 Å². The average molecular weight is 481 g/mol. The van der Waals surface area contributed by atoms with E-state index < -0.39 is 5.97 Å². The van der Waals surface area contributed by atoms with Gasteiger partial charge in [-0.15, -0.1) is 0 Å². The molecule has 2 heterocycles. The number of nitrogens with zero attached hydrogens (tertiary/aromatic N) is 5. The number of anilines is 1. The molecule has 35 heavy (non-hydrogen) atoms. The van der Waals surface area contributed by atoms with Crippen LogP contribution in [0.1, 0.15) is 55.0 Å². The molecule has 0 saturated heterocycles. The largest absolute Gasteiger partial charge is 0.462 e. The number of nitrogens with one attached hydrogen (secondary N) is 1. The highest BCUT2D eigenvalue weighted by Gasteiger charge is 2.21. The second-order valence-corrected chi connectivity index (χ2v) is 8.02. The Morgan fingerprint density at radius 3 is 2.46 bits per heavy atom. The number of rotatable bonds is 10. The molecule has 0 bridgehead atoms. The molecule has 10 nitrogen and oxygen atoms in total. The Balaban J connectivity index is 2.08. The van der Waals surface area contributed by atoms with Gasteiger partial charge in [-0.25, -0.2) is 14.5 Å². The van der Waals surface area contributed by atoms with E-state index in [1.54, 1.807) is 23.7 Å². The predicted molar refractivity (Wildman–Crippen MR) is 132 cm³/mol. The summed E-state index contributed by atoms with van der Waals surface area (Å²) in [6, 6.07) is 7.27. The molecule has 3 aromatic rings. The van der Waals surface area contributed by atoms with Crippen LogP contribution in [0.15, 0.2) is 30.5 Å². The van der Waals surface area contributed by atoms with Gasteiger partial charge in [0.2, 0.25) is 11.8 Å². The molecule has 0 aliphatic carbocycles. The zero-order chi connectivity index (χ0) is 25.5. The fourth-order valence-electron chi connectivity index (χ4n) is 3.59. The van der Waals surface area contributed by atoms with E-state index in [9.17, 15) is 9.59 Å². The first-order valence-electron chi connectivity index (χ1n) is 11.6. The maximum Gasteiger partial charge on any atom is 0.345 e. The van der Waals surface area contributed by atoms with Crippen molar-refractivity contribution in [1.29, 1.82) is 0 Å². The second kappa shape index (κ2) is 11.6. The van der Waals surface area contributed by atoms with Crippen LogP contribution in [0.2, 0.25) is 0 Å². The highest BCUT2D eigenvalue weighted by atomic mass is 16.5. The van der Waals surface area contributed by atoms with E-state index in [-0.39, 0.29) is 29.9 Å². The van der Waals surface area contributed by atoms with Crippen LogP contribution in [0, 0.1) is 13.8 Å². The molecule has 0 spiro atoms. The van der Waals surface area contributed by atoms with Gasteiger partial charge in [-0.3, -0.25) is 9.69 Å². The van der Waals surface area contributed by atoms with E-state index in [2.05, 4.69) is 39.1 Å². The number of hydrogen-bond acceptors (Lipinski definition) is 8. The van der Waals surface area contributed by atoms with Crippen LogP contribution in [0.25, 0.3) is 5.95 Å². The third-order valence-electron chi connectivity index (χ3n) is 5.31. The summed E-state index contributed by atoms with van der Waals surface area (Å²) in [4.78, 5) is 35.3. The normalized spacial score (nSPS) is 10.9. The fourth-order valence-corrected chi connectivity index (χ4v) is 3.59. The minimum Gasteiger partial charge on any atom is -0.462 e. The Hall–Kier alpha value is -3.79. The van der Waals surface area contributed by atoms with E-state index >= 15 is 0 Å². The molecule has 0 saturated carbocycles. The van der Waals surface area contributed by atoms with Crippen LogP contribution in [-0.2, 0) is 16.1 Å². The molecule has 3 rings (SSSR count). The molecule has 1 N–H and O–H groups in total. The van der Waals surface area contributed by atoms with Crippen LogP contribution in [0.5, 0.6) is 11.6 Å². The monoisotopic (exact) mass is 480 g/mol. The van der Waals surface area contributed by atoms with Crippen molar-refractivity contribution >= 4 is 17.6 Å². The average Bonchev–Trinajstić information content (AvgIpc) is 3.16. The van der Waals surface area contributed by atoms with Gasteiger partial charge in [0.15, 0.2) is 0 Å². The van der Waals surface area contributed by atoms with E-state index in [4.69, 9.17) is 9.47 Å². The second-order valence-electron chi connectivity index (χ2n) is 8.02. The predicted octanol–water partition coefficient (Wildman–Crippen LogP) is 4.05. The third kappa shape index (κ3) is 6.42. The highest BCUT2D eigenvalue weighted by Crippen LogP contribution is 2.31. The van der Waals surface area contributed by atoms with Crippen molar-refractivity contribution in [2.24, 2.45) is 0 Å². The lowest BCUT2D eigenvalue weighted by Crippen LogP contribution is -2.22. The standard InChI is InChI=1S/C25H32N6O4/c1-7-30(8-2)15-19-13-20(27-18(6)32)10-11-22(19)35-23-21(24(33)34-9-3)14-26-25(28-23)31-17(5)12-16(4)29-31/h10-14H,7-9,15H2,1-6H3,(H,27,32). The van der Waals surface area contributed by atoms with Crippen LogP contribution >= 0.6 is 0 Å². The van der Waals surface area contributed by atoms with E-state index in [0.29, 0.717) is 18.0 Å². The molecule has 0 atom stereocenters. The Bertz CT molecular complexity index is 1200. The smallest absolute Gasteiger partial charge is 0.345 e. The molecule has 0 unspecified atom stereocenters. The number of hydrogen-bond donors (Lipinski definition) is 1. The van der Waals surface area contributed by atoms with Crippen molar-refractivity contribution in [2.45, 2.75) is 48.1 Å². The molecule has 1 amide bonds. The van der Waals surface area contributed by atoms with Crippen LogP contribution in [-0.4, -0.2) is 56.2 Å². The molecule has 0 aliphatic heterocycles. The molecule has 2 aromatic heterocycles. The molecule has 0 aliphatic rings. The summed E-state index contributed by atoms with van der Waals surface area (Å²) in [5.41, 5.74) is 3.26. The Morgan fingerprint density at radius 2 is 1.86 bits per heavy atom. The lowest BCUT2D eigenvalue weighted by molar-refractivity contribution is -0.114. The number of carbonyl (C=O) groups is 2. The fraction of sp³-hybridized carbons (Fsp3) is 0.400. The maximum atomic E-state index is 12.6. The summed E-state index contributed by atoms with van der Waals surface area (Å²) in [6.45, 7) is 13.6. The number of carbonyl (C=O) groups excluding carboxylic acids is 2. The number of esters is 1. The summed E-state index contributed by atoms with van der Waals surface area (Å²) >= 11 is 0. The van der Waals surface area contributed by atoms with E-state index in [1.165, 1.54) is 13.1 Å². The van der Waals surface area contributed by atoms with Crippen molar-refractivity contribution in [2.75, 3.05) is 25.0 Å². The van der Waals surface area contributed by atoms with Gasteiger partial charge in [0.05, 0.1) is 18.5 Å². The van der Waals surface area contributed by atoms with Gasteiger partial charge < -0.3 is 14.8 Å². The molecule has 1 aromatic carbocycles. The van der Waals surface area contributed by atoms with Crippen LogP contribution in [0.4, 0.5) is 5.69 Å². The molecular formula is C25H32N6O4. The Labute approximate surface area is 205 Å². The first-order valence-corrected chi connectivity index (χ1v) is 11.6. The number of aryl methyl sites for hydroxylation is 2. The first-order chi connectivity index (χ1) is 16.7. The third-order valence-corrected chi connectivity index (χ3v) is 5.31. The highest BCUT2D eigenvalue weighted by molar-refractivity contribution is 5.91. The van der Waals surface area contributed by atoms with Crippen LogP contribution < -0.4 is 10.1 Å². The maximum absolute atomic E-state index is 12.6. The van der Waals surface area contributed by atoms with Crippen molar-refractivity contribution in [3.63, 3.8) is 0 Å². The van der Waals surface area contributed by atoms with Gasteiger partial charge in [-0.2, -0.15) is 10.1 Å². The topological polar surface area (TPSA) is 111 Å². The SMILES string of the molecule is CCOC(=O)c1cnc(-n2nc(C)cc2C)nc1Oc1ccc(NC(C)=O)cc1CN(CC)CC. The Kier molecular flexibility index (Phi) is 8.53. The number of amides is 1. The molecule has 10 heteroatoms. The summed E-state index contributed by atoms with van der Waals surface area (Å²) in [5, 5.41) is 7.24. The molecular weight excluding hydrogens is 448 g/mol. The van der Waals surface area contributed by atoms with Gasteiger partial charge in [-0.05, 0) is 58.1 Å². The zero-order valence-electron chi connectivity index (χ0n) is 21.1. The van der Waals surface area contributed by atoms with E-state index in [0.717, 1.165) is 30.0 Å². The van der Waals surface area contributed by atoms with Crippen molar-refractivity contribution < 1.29 is 19.1 Å². The minimum absolute atomic E-state index is 0.0640. The molecule has 0 radical (unpaired) electrons. The van der Waals surface area contributed by atoms with Gasteiger partial charge in [0, 0.05) is 30.4 Å². The van der Waals surface area contributed by atoms with Gasteiger partial charge >= 0.3 is 5.97 Å². The number of ether oxygens (including phenoxy) is 2. The van der Waals surface area contributed by atoms with Gasteiger partial charge in [0.1, 0.15) is 11.3 Å². The Morgan fingerprint density at radius 1 is 1.11 bits per heavy atom. The van der Waals surface area contributed by atoms with E-state index in [1.807, 2.05) is 26.0 Å². The summed E-state index contributed by atoms with van der Waals surface area (Å²) in [7, 11) is 0. The number of aromatic nitrogens is 4. The molecule has 186 valence electrons. The number of benzene rings is 1. The summed E-state index contributed by atoms with van der Waals surface area (Å²) in [5.74, 6) is 0.104. The van der Waals surface area contributed by atoms with Crippen molar-refractivity contribution in [3.05, 3.63) is 53.0 Å². The molecule has 0 fully saturated rings. The summed E-state index contributed by atoms with van der Waals surface area (Å²) in [6.07, 6.45) is 1.39. The quantitative estimate of drug-likeness (QED) is 0.433. The summed E-state index contributed by atoms with van der Waals surface area (Å²) < 4.78 is 13.0. The van der Waals surface area contributed by atoms with Crippen molar-refractivity contribution in [3.8, 4) is 17.6 Å².